The van der Waals surface area contributed by atoms with Crippen molar-refractivity contribution < 1.29 is 29.3 Å². The van der Waals surface area contributed by atoms with Crippen molar-refractivity contribution in [3.05, 3.63) is 89.0 Å². The standard InChI is InChI=1S/C31H31N3O5.ClH.H2O/c1-31(30(37)38-2)17-21(34(29(31)36)14-6-9-19-7-4-3-5-8-19)18-39-22-11-13-24-23-12-10-20(28(32)33)15-25(23)27(35)26(24)16-22;;/h3-5,7-8,10-13,15-16,21H,6,9,14,17-18H2,1-2H3,(H3,32,33);1H;1H2/t21-,31-;;/m0../s1. The van der Waals surface area contributed by atoms with Crippen LogP contribution < -0.4 is 10.5 Å². The van der Waals surface area contributed by atoms with Crippen LogP contribution >= 0.6 is 12.4 Å². The topological polar surface area (TPSA) is 154 Å². The number of esters is 1. The van der Waals surface area contributed by atoms with Crippen molar-refractivity contribution in [1.29, 1.82) is 5.41 Å². The van der Waals surface area contributed by atoms with Gasteiger partial charge >= 0.3 is 5.97 Å². The highest BCUT2D eigenvalue weighted by atomic mass is 35.5. The largest absolute Gasteiger partial charge is 0.491 e. The van der Waals surface area contributed by atoms with Crippen LogP contribution in [0.5, 0.6) is 5.75 Å². The van der Waals surface area contributed by atoms with E-state index in [1.165, 1.54) is 12.7 Å². The summed E-state index contributed by atoms with van der Waals surface area (Å²) in [5, 5.41) is 7.67. The summed E-state index contributed by atoms with van der Waals surface area (Å²) in [6.45, 7) is 2.30. The zero-order valence-electron chi connectivity index (χ0n) is 22.9. The van der Waals surface area contributed by atoms with E-state index in [2.05, 4.69) is 12.1 Å². The number of carbonyl (C=O) groups is 3. The molecule has 1 saturated heterocycles. The number of rotatable bonds is 9. The van der Waals surface area contributed by atoms with E-state index in [1.807, 2.05) is 24.3 Å². The third kappa shape index (κ3) is 5.82. The summed E-state index contributed by atoms with van der Waals surface area (Å²) >= 11 is 0. The molecule has 0 aromatic heterocycles. The fourth-order valence-corrected chi connectivity index (χ4v) is 5.59. The summed E-state index contributed by atoms with van der Waals surface area (Å²) in [6.07, 6.45) is 1.84. The quantitative estimate of drug-likeness (QED) is 0.134. The highest BCUT2D eigenvalue weighted by molar-refractivity contribution is 6.22. The van der Waals surface area contributed by atoms with E-state index in [0.717, 1.165) is 24.0 Å². The first-order valence-electron chi connectivity index (χ1n) is 13.0. The van der Waals surface area contributed by atoms with Crippen LogP contribution in [0.3, 0.4) is 0 Å². The molecule has 10 heteroatoms. The number of hydrogen-bond donors (Lipinski definition) is 2. The summed E-state index contributed by atoms with van der Waals surface area (Å²) in [5.41, 5.74) is 8.65. The summed E-state index contributed by atoms with van der Waals surface area (Å²) in [6, 6.07) is 20.3. The number of nitrogens with zero attached hydrogens (tertiary/aromatic N) is 1. The van der Waals surface area contributed by atoms with Crippen LogP contribution in [0.4, 0.5) is 0 Å². The zero-order valence-corrected chi connectivity index (χ0v) is 23.8. The summed E-state index contributed by atoms with van der Waals surface area (Å²) in [7, 11) is 1.30. The van der Waals surface area contributed by atoms with E-state index in [0.29, 0.717) is 29.0 Å². The number of carbonyl (C=O) groups excluding carboxylic acids is 3. The lowest BCUT2D eigenvalue weighted by molar-refractivity contribution is -0.157. The maximum absolute atomic E-state index is 13.4. The maximum atomic E-state index is 13.4. The van der Waals surface area contributed by atoms with Crippen LogP contribution in [0.2, 0.25) is 0 Å². The second-order valence-electron chi connectivity index (χ2n) is 10.3. The number of amidine groups is 1. The van der Waals surface area contributed by atoms with Crippen LogP contribution in [0.1, 0.15) is 46.8 Å². The van der Waals surface area contributed by atoms with Gasteiger partial charge in [0.1, 0.15) is 23.6 Å². The molecular weight excluding hydrogens is 546 g/mol. The van der Waals surface area contributed by atoms with E-state index < -0.39 is 11.4 Å². The first-order chi connectivity index (χ1) is 18.7. The number of amides is 1. The van der Waals surface area contributed by atoms with Gasteiger partial charge in [0.25, 0.3) is 0 Å². The van der Waals surface area contributed by atoms with Crippen LogP contribution in [0, 0.1) is 10.8 Å². The van der Waals surface area contributed by atoms with Crippen molar-refractivity contribution in [3.63, 3.8) is 0 Å². The number of benzene rings is 3. The van der Waals surface area contributed by atoms with Crippen molar-refractivity contribution in [3.8, 4) is 16.9 Å². The number of nitrogen functional groups attached to an aromatic ring is 1. The highest BCUT2D eigenvalue weighted by Gasteiger charge is 2.54. The molecular formula is C31H34ClN3O6. The Morgan fingerprint density at radius 2 is 1.68 bits per heavy atom. The molecule has 3 aromatic carbocycles. The number of nitrogens with one attached hydrogen (secondary N) is 1. The molecule has 41 heavy (non-hydrogen) atoms. The number of ketones is 1. The van der Waals surface area contributed by atoms with Crippen molar-refractivity contribution in [2.45, 2.75) is 32.2 Å². The number of aryl methyl sites for hydroxylation is 1. The number of hydrogen-bond acceptors (Lipinski definition) is 6. The van der Waals surface area contributed by atoms with Crippen molar-refractivity contribution in [2.75, 3.05) is 20.3 Å². The van der Waals surface area contributed by atoms with E-state index in [4.69, 9.17) is 20.6 Å². The molecule has 1 aliphatic carbocycles. The molecule has 9 nitrogen and oxygen atoms in total. The second kappa shape index (κ2) is 12.5. The Morgan fingerprint density at radius 1 is 1.02 bits per heavy atom. The van der Waals surface area contributed by atoms with Crippen LogP contribution in [0.25, 0.3) is 11.1 Å². The van der Waals surface area contributed by atoms with Gasteiger partial charge in [0.15, 0.2) is 5.78 Å². The molecule has 0 spiro atoms. The van der Waals surface area contributed by atoms with Gasteiger partial charge in [0, 0.05) is 23.2 Å². The number of fused-ring (bicyclic) bond motifs is 3. The first-order valence-corrected chi connectivity index (χ1v) is 13.0. The molecule has 5 N–H and O–H groups in total. The summed E-state index contributed by atoms with van der Waals surface area (Å²) in [4.78, 5) is 40.8. The molecule has 1 fully saturated rings. The van der Waals surface area contributed by atoms with Crippen molar-refractivity contribution >= 4 is 35.9 Å². The Morgan fingerprint density at radius 3 is 2.34 bits per heavy atom. The van der Waals surface area contributed by atoms with Gasteiger partial charge in [-0.25, -0.2) is 0 Å². The number of ether oxygens (including phenoxy) is 2. The SMILES string of the molecule is COC(=O)[C@@]1(C)C[C@@H](COc2ccc3c(c2)C(=O)c2cc(C(=N)N)ccc2-3)N(CCCc2ccccc2)C1=O.Cl.O. The van der Waals surface area contributed by atoms with Crippen LogP contribution in [0.15, 0.2) is 66.7 Å². The third-order valence-corrected chi connectivity index (χ3v) is 7.70. The molecule has 0 bridgehead atoms. The van der Waals surface area contributed by atoms with Crippen molar-refractivity contribution in [2.24, 2.45) is 11.1 Å². The van der Waals surface area contributed by atoms with E-state index in [1.54, 1.807) is 42.2 Å². The fraction of sp³-hybridized carbons (Fsp3) is 0.290. The summed E-state index contributed by atoms with van der Waals surface area (Å²) < 4.78 is 11.1. The molecule has 0 radical (unpaired) electrons. The monoisotopic (exact) mass is 579 g/mol. The Hall–Kier alpha value is -4.21. The van der Waals surface area contributed by atoms with E-state index >= 15 is 0 Å². The molecule has 0 unspecified atom stereocenters. The third-order valence-electron chi connectivity index (χ3n) is 7.70. The minimum Gasteiger partial charge on any atom is -0.491 e. The first kappa shape index (κ1) is 31.3. The van der Waals surface area contributed by atoms with Gasteiger partial charge in [-0.15, -0.1) is 12.4 Å². The molecule has 216 valence electrons. The molecule has 2 atom stereocenters. The number of methoxy groups -OCH3 is 1. The lowest BCUT2D eigenvalue weighted by Gasteiger charge is -2.25. The normalized spacial score (nSPS) is 18.6. The minimum absolute atomic E-state index is 0. The number of halogens is 1. The van der Waals surface area contributed by atoms with Crippen molar-refractivity contribution in [1.82, 2.24) is 4.90 Å². The molecule has 1 heterocycles. The lowest BCUT2D eigenvalue weighted by Crippen LogP contribution is -2.41. The molecule has 1 amide bonds. The highest BCUT2D eigenvalue weighted by Crippen LogP contribution is 2.40. The van der Waals surface area contributed by atoms with Crippen LogP contribution in [-0.2, 0) is 20.7 Å². The molecule has 5 rings (SSSR count). The van der Waals surface area contributed by atoms with Crippen LogP contribution in [-0.4, -0.2) is 60.2 Å². The summed E-state index contributed by atoms with van der Waals surface area (Å²) in [5.74, 6) is -0.537. The average molecular weight is 580 g/mol. The number of likely N-dealkylation sites (tertiary alicyclic amines) is 1. The molecule has 3 aromatic rings. The fourth-order valence-electron chi connectivity index (χ4n) is 5.59. The van der Waals surface area contributed by atoms with Gasteiger partial charge in [0.2, 0.25) is 5.91 Å². The van der Waals surface area contributed by atoms with Gasteiger partial charge in [-0.1, -0.05) is 42.5 Å². The Balaban J connectivity index is 0.00000231. The Bertz CT molecular complexity index is 1480. The predicted octanol–water partition coefficient (Wildman–Crippen LogP) is 3.57. The second-order valence-corrected chi connectivity index (χ2v) is 10.3. The van der Waals surface area contributed by atoms with Gasteiger partial charge < -0.3 is 25.6 Å². The molecule has 2 aliphatic rings. The molecule has 0 saturated carbocycles. The van der Waals surface area contributed by atoms with Gasteiger partial charge in [0.05, 0.1) is 13.2 Å². The smallest absolute Gasteiger partial charge is 0.321 e. The number of nitrogens with two attached hydrogens (primary N) is 1. The average Bonchev–Trinajstić information content (AvgIpc) is 3.37. The zero-order chi connectivity index (χ0) is 27.7. The molecule has 1 aliphatic heterocycles. The Kier molecular flexibility index (Phi) is 9.57. The van der Waals surface area contributed by atoms with Gasteiger partial charge in [-0.3, -0.25) is 19.8 Å². The maximum Gasteiger partial charge on any atom is 0.321 e. The van der Waals surface area contributed by atoms with E-state index in [9.17, 15) is 14.4 Å². The Labute approximate surface area is 244 Å². The minimum atomic E-state index is -1.26. The predicted molar refractivity (Wildman–Crippen MR) is 158 cm³/mol. The van der Waals surface area contributed by atoms with E-state index in [-0.39, 0.29) is 54.5 Å². The van der Waals surface area contributed by atoms with Gasteiger partial charge in [-0.05, 0) is 67.1 Å². The lowest BCUT2D eigenvalue weighted by atomic mass is 9.87. The van der Waals surface area contributed by atoms with Gasteiger partial charge in [-0.2, -0.15) is 0 Å².